The van der Waals surface area contributed by atoms with E-state index in [4.69, 9.17) is 9.84 Å². The molecule has 2 saturated heterocycles. The summed E-state index contributed by atoms with van der Waals surface area (Å²) >= 11 is 0. The largest absolute Gasteiger partial charge is 0.467 e. The van der Waals surface area contributed by atoms with Crippen LogP contribution in [0.4, 0.5) is 4.79 Å². The summed E-state index contributed by atoms with van der Waals surface area (Å²) in [5.41, 5.74) is 0.626. The predicted octanol–water partition coefficient (Wildman–Crippen LogP) is 2.31. The highest BCUT2D eigenvalue weighted by Gasteiger charge is 2.36. The lowest BCUT2D eigenvalue weighted by molar-refractivity contribution is -0.140. The number of likely N-dealkylation sites (tertiary alicyclic amines) is 2. The van der Waals surface area contributed by atoms with Crippen molar-refractivity contribution >= 4 is 29.7 Å². The highest BCUT2D eigenvalue weighted by Crippen LogP contribution is 2.24. The second kappa shape index (κ2) is 15.3. The smallest absolute Gasteiger partial charge is 0.404 e. The van der Waals surface area contributed by atoms with Crippen molar-refractivity contribution < 1.29 is 33.8 Å². The number of nitrogens with zero attached hydrogens (tertiary/aromatic N) is 4. The third-order valence-corrected chi connectivity index (χ3v) is 9.48. The number of piperidine rings is 1. The van der Waals surface area contributed by atoms with Crippen LogP contribution in [0.5, 0.6) is 5.88 Å². The van der Waals surface area contributed by atoms with E-state index in [0.717, 1.165) is 25.7 Å². The second-order valence-corrected chi connectivity index (χ2v) is 12.7. The fourth-order valence-corrected chi connectivity index (χ4v) is 6.25. The van der Waals surface area contributed by atoms with Crippen molar-refractivity contribution in [2.75, 3.05) is 26.2 Å². The van der Waals surface area contributed by atoms with Crippen LogP contribution in [-0.4, -0.2) is 105 Å². The molecule has 1 aliphatic carbocycles. The first kappa shape index (κ1) is 33.7. The van der Waals surface area contributed by atoms with Gasteiger partial charge in [0.2, 0.25) is 17.7 Å². The van der Waals surface area contributed by atoms with E-state index in [1.54, 1.807) is 21.9 Å². The lowest BCUT2D eigenvalue weighted by Gasteiger charge is -2.35. The molecule has 2 aromatic rings. The molecule has 0 unspecified atom stereocenters. The van der Waals surface area contributed by atoms with Gasteiger partial charge in [-0.05, 0) is 63.0 Å². The molecule has 5 rings (SSSR count). The van der Waals surface area contributed by atoms with Gasteiger partial charge in [-0.25, -0.2) is 9.48 Å². The highest BCUT2D eigenvalue weighted by molar-refractivity contribution is 5.96. The van der Waals surface area contributed by atoms with Crippen molar-refractivity contribution in [2.24, 2.45) is 5.92 Å². The Morgan fingerprint density at radius 3 is 2.30 bits per heavy atom. The molecular formula is C33H45N7O7. The molecule has 1 aromatic heterocycles. The number of ether oxygens (including phenoxy) is 1. The number of hydrogen-bond acceptors (Lipinski definition) is 7. The van der Waals surface area contributed by atoms with E-state index in [2.05, 4.69) is 21.0 Å². The molecule has 5 amide bonds. The molecule has 1 saturated carbocycles. The molecule has 14 heteroatoms. The quantitative estimate of drug-likeness (QED) is 0.270. The maximum absolute atomic E-state index is 13.6. The molecule has 4 N–H and O–H groups in total. The normalized spacial score (nSPS) is 19.7. The van der Waals surface area contributed by atoms with Gasteiger partial charge in [0.05, 0.1) is 5.69 Å². The zero-order chi connectivity index (χ0) is 33.5. The van der Waals surface area contributed by atoms with E-state index in [0.29, 0.717) is 51.0 Å². The van der Waals surface area contributed by atoms with E-state index >= 15 is 0 Å². The first-order chi connectivity index (χ1) is 22.6. The number of amides is 5. The average molecular weight is 652 g/mol. The summed E-state index contributed by atoms with van der Waals surface area (Å²) < 4.78 is 7.40. The molecule has 2 aliphatic heterocycles. The number of aromatic nitrogens is 2. The Labute approximate surface area is 274 Å². The van der Waals surface area contributed by atoms with Crippen molar-refractivity contribution in [3.05, 3.63) is 42.1 Å². The molecular weight excluding hydrogens is 606 g/mol. The zero-order valence-electron chi connectivity index (χ0n) is 27.0. The topological polar surface area (TPSA) is 175 Å². The predicted molar refractivity (Wildman–Crippen MR) is 171 cm³/mol. The molecule has 3 aliphatic rings. The summed E-state index contributed by atoms with van der Waals surface area (Å²) in [6.45, 7) is 4.71. The van der Waals surface area contributed by atoms with Gasteiger partial charge in [0.25, 0.3) is 11.8 Å². The minimum Gasteiger partial charge on any atom is -0.467 e. The third-order valence-electron chi connectivity index (χ3n) is 9.48. The summed E-state index contributed by atoms with van der Waals surface area (Å²) in [6, 6.07) is 9.12. The Morgan fingerprint density at radius 2 is 1.66 bits per heavy atom. The number of para-hydroxylation sites is 1. The van der Waals surface area contributed by atoms with Gasteiger partial charge >= 0.3 is 6.09 Å². The van der Waals surface area contributed by atoms with Crippen molar-refractivity contribution in [1.29, 1.82) is 0 Å². The standard InChI is InChI=1S/C33H45N7O7/c1-3-21(2)29(32(44)38-17-14-23(15-18-38)35-33(45)46)36-30(42)25-19-28(40(37-25)24-11-5-4-6-12-24)47-20-27(41)39-16-8-13-26(39)31(43)34-22-9-7-10-22/h4-6,11-12,19,21-23,26,29,35H,3,7-10,13-18,20H2,1-2H3,(H,34,43)(H,36,42)(H,45,46)/t21-,26-,29-/m0/s1. The summed E-state index contributed by atoms with van der Waals surface area (Å²) in [5, 5.41) is 21.9. The number of hydrogen-bond donors (Lipinski definition) is 4. The van der Waals surface area contributed by atoms with Crippen molar-refractivity contribution in [1.82, 2.24) is 35.5 Å². The Balaban J connectivity index is 1.27. The third kappa shape index (κ3) is 8.22. The van der Waals surface area contributed by atoms with E-state index in [9.17, 15) is 24.0 Å². The van der Waals surface area contributed by atoms with Gasteiger partial charge in [-0.15, -0.1) is 0 Å². The van der Waals surface area contributed by atoms with Crippen LogP contribution in [0.1, 0.15) is 75.7 Å². The molecule has 254 valence electrons. The maximum atomic E-state index is 13.6. The van der Waals surface area contributed by atoms with Gasteiger partial charge in [0, 0.05) is 37.8 Å². The summed E-state index contributed by atoms with van der Waals surface area (Å²) in [4.78, 5) is 67.6. The molecule has 3 atom stereocenters. The van der Waals surface area contributed by atoms with Crippen molar-refractivity contribution in [3.8, 4) is 11.6 Å². The molecule has 1 aromatic carbocycles. The zero-order valence-corrected chi connectivity index (χ0v) is 27.0. The van der Waals surface area contributed by atoms with Crippen LogP contribution in [0.3, 0.4) is 0 Å². The average Bonchev–Trinajstić information content (AvgIpc) is 3.72. The minimum atomic E-state index is -1.09. The first-order valence-corrected chi connectivity index (χ1v) is 16.6. The summed E-state index contributed by atoms with van der Waals surface area (Å²) in [6.07, 6.45) is 4.89. The van der Waals surface area contributed by atoms with Crippen LogP contribution in [0, 0.1) is 5.92 Å². The van der Waals surface area contributed by atoms with Gasteiger partial charge < -0.3 is 35.6 Å². The van der Waals surface area contributed by atoms with Crippen molar-refractivity contribution in [3.63, 3.8) is 0 Å². The number of benzene rings is 1. The first-order valence-electron chi connectivity index (χ1n) is 16.6. The van der Waals surface area contributed by atoms with E-state index in [1.165, 1.54) is 10.7 Å². The molecule has 0 radical (unpaired) electrons. The molecule has 47 heavy (non-hydrogen) atoms. The number of nitrogens with one attached hydrogen (secondary N) is 3. The number of rotatable bonds is 12. The van der Waals surface area contributed by atoms with Crippen LogP contribution >= 0.6 is 0 Å². The van der Waals surface area contributed by atoms with Crippen LogP contribution in [0.25, 0.3) is 5.69 Å². The monoisotopic (exact) mass is 651 g/mol. The Bertz CT molecular complexity index is 1440. The SMILES string of the molecule is CC[C@H](C)[C@H](NC(=O)c1cc(OCC(=O)N2CCC[C@H]2C(=O)NC2CCC2)n(-c2ccccc2)n1)C(=O)N1CCC(NC(=O)O)CC1. The molecule has 3 heterocycles. The Kier molecular flexibility index (Phi) is 11.0. The van der Waals surface area contributed by atoms with Crippen LogP contribution in [-0.2, 0) is 14.4 Å². The molecule has 14 nitrogen and oxygen atoms in total. The summed E-state index contributed by atoms with van der Waals surface area (Å²) in [5.74, 6) is -1.25. The van der Waals surface area contributed by atoms with E-state index in [1.807, 2.05) is 32.0 Å². The van der Waals surface area contributed by atoms with E-state index < -0.39 is 24.1 Å². The van der Waals surface area contributed by atoms with Crippen LogP contribution < -0.4 is 20.7 Å². The maximum Gasteiger partial charge on any atom is 0.404 e. The number of carbonyl (C=O) groups excluding carboxylic acids is 4. The van der Waals surface area contributed by atoms with Gasteiger partial charge in [-0.2, -0.15) is 5.10 Å². The Hall–Kier alpha value is -4.62. The second-order valence-electron chi connectivity index (χ2n) is 12.7. The lowest BCUT2D eigenvalue weighted by Crippen LogP contribution is -2.55. The fourth-order valence-electron chi connectivity index (χ4n) is 6.25. The lowest BCUT2D eigenvalue weighted by atomic mass is 9.93. The molecule has 0 spiro atoms. The Morgan fingerprint density at radius 1 is 0.957 bits per heavy atom. The molecule has 3 fully saturated rings. The number of carboxylic acid groups (broad SMARTS) is 1. The van der Waals surface area contributed by atoms with Crippen LogP contribution in [0.15, 0.2) is 36.4 Å². The van der Waals surface area contributed by atoms with Gasteiger partial charge in [-0.1, -0.05) is 38.5 Å². The van der Waals surface area contributed by atoms with Crippen LogP contribution in [0.2, 0.25) is 0 Å². The van der Waals surface area contributed by atoms with E-state index in [-0.39, 0.29) is 53.9 Å². The van der Waals surface area contributed by atoms with Crippen molar-refractivity contribution in [2.45, 2.75) is 89.4 Å². The fraction of sp³-hybridized carbons (Fsp3) is 0.576. The van der Waals surface area contributed by atoms with Gasteiger partial charge in [0.1, 0.15) is 12.1 Å². The van der Waals surface area contributed by atoms with Gasteiger partial charge in [0.15, 0.2) is 12.3 Å². The molecule has 0 bridgehead atoms. The number of carbonyl (C=O) groups is 5. The van der Waals surface area contributed by atoms with Gasteiger partial charge in [-0.3, -0.25) is 19.2 Å². The summed E-state index contributed by atoms with van der Waals surface area (Å²) in [7, 11) is 0. The minimum absolute atomic E-state index is 0.0145. The highest BCUT2D eigenvalue weighted by atomic mass is 16.5.